The molecule has 1 aromatic rings. The maximum absolute atomic E-state index is 13.2. The zero-order chi connectivity index (χ0) is 19.6. The summed E-state index contributed by atoms with van der Waals surface area (Å²) < 4.78 is 28.0. The number of carbonyl (C=O) groups is 1. The first-order valence-electron chi connectivity index (χ1n) is 10.3. The second-order valence-electron chi connectivity index (χ2n) is 7.99. The van der Waals surface area contributed by atoms with E-state index in [9.17, 15) is 13.2 Å². The van der Waals surface area contributed by atoms with Gasteiger partial charge in [0.15, 0.2) is 0 Å². The summed E-state index contributed by atoms with van der Waals surface area (Å²) in [7, 11) is -3.57. The minimum Gasteiger partial charge on any atom is -0.336 e. The first kappa shape index (κ1) is 20.3. The zero-order valence-corrected chi connectivity index (χ0v) is 17.6. The summed E-state index contributed by atoms with van der Waals surface area (Å²) >= 11 is 0. The van der Waals surface area contributed by atoms with Crippen molar-refractivity contribution in [2.75, 3.05) is 13.1 Å². The molecule has 2 aliphatic rings. The molecular weight excluding hydrogens is 360 g/mol. The lowest BCUT2D eigenvalue weighted by atomic mass is 9.98. The zero-order valence-electron chi connectivity index (χ0n) is 16.8. The Morgan fingerprint density at radius 2 is 1.81 bits per heavy atom. The van der Waals surface area contributed by atoms with E-state index >= 15 is 0 Å². The van der Waals surface area contributed by atoms with Crippen LogP contribution in [-0.4, -0.2) is 48.7 Å². The van der Waals surface area contributed by atoms with Crippen molar-refractivity contribution >= 4 is 15.9 Å². The summed E-state index contributed by atoms with van der Waals surface area (Å²) in [5.41, 5.74) is 1.37. The van der Waals surface area contributed by atoms with E-state index in [-0.39, 0.29) is 22.9 Å². The van der Waals surface area contributed by atoms with Crippen LogP contribution in [0.2, 0.25) is 0 Å². The van der Waals surface area contributed by atoms with Gasteiger partial charge in [-0.15, -0.1) is 0 Å². The summed E-state index contributed by atoms with van der Waals surface area (Å²) in [4.78, 5) is 15.4. The fourth-order valence-corrected chi connectivity index (χ4v) is 6.13. The Hall–Kier alpha value is -1.40. The third kappa shape index (κ3) is 4.06. The molecule has 0 bridgehead atoms. The highest BCUT2D eigenvalue weighted by atomic mass is 32.2. The van der Waals surface area contributed by atoms with E-state index in [4.69, 9.17) is 0 Å². The molecule has 27 heavy (non-hydrogen) atoms. The van der Waals surface area contributed by atoms with Gasteiger partial charge in [0.1, 0.15) is 0 Å². The van der Waals surface area contributed by atoms with Crippen molar-refractivity contribution in [1.29, 1.82) is 0 Å². The van der Waals surface area contributed by atoms with E-state index < -0.39 is 10.0 Å². The molecule has 2 aliphatic heterocycles. The minimum atomic E-state index is -3.57. The van der Waals surface area contributed by atoms with E-state index in [0.717, 1.165) is 57.1 Å². The fourth-order valence-electron chi connectivity index (χ4n) is 4.40. The summed E-state index contributed by atoms with van der Waals surface area (Å²) in [6.07, 6.45) is 7.00. The number of likely N-dealkylation sites (tertiary alicyclic amines) is 1. The molecule has 2 fully saturated rings. The van der Waals surface area contributed by atoms with Gasteiger partial charge in [-0.2, -0.15) is 4.31 Å². The molecule has 2 saturated heterocycles. The molecule has 6 heteroatoms. The largest absolute Gasteiger partial charge is 0.336 e. The van der Waals surface area contributed by atoms with Crippen LogP contribution >= 0.6 is 0 Å². The van der Waals surface area contributed by atoms with Crippen molar-refractivity contribution in [3.8, 4) is 0 Å². The van der Waals surface area contributed by atoms with Gasteiger partial charge < -0.3 is 4.90 Å². The molecule has 0 radical (unpaired) electrons. The number of sulfonamides is 1. The second-order valence-corrected chi connectivity index (χ2v) is 9.88. The normalized spacial score (nSPS) is 24.8. The monoisotopic (exact) mass is 392 g/mol. The number of carbonyl (C=O) groups excluding carboxylic acids is 1. The molecule has 5 nitrogen and oxygen atoms in total. The van der Waals surface area contributed by atoms with Crippen molar-refractivity contribution in [2.24, 2.45) is 0 Å². The first-order valence-corrected chi connectivity index (χ1v) is 11.7. The number of piperidine rings is 2. The van der Waals surface area contributed by atoms with Crippen LogP contribution in [0.3, 0.4) is 0 Å². The van der Waals surface area contributed by atoms with Gasteiger partial charge in [-0.3, -0.25) is 4.79 Å². The molecule has 3 rings (SSSR count). The highest BCUT2D eigenvalue weighted by molar-refractivity contribution is 7.89. The average molecular weight is 393 g/mol. The fraction of sp³-hybridized carbons (Fsp3) is 0.667. The number of benzene rings is 1. The molecule has 0 spiro atoms. The van der Waals surface area contributed by atoms with Crippen LogP contribution in [0.4, 0.5) is 0 Å². The molecule has 2 heterocycles. The topological polar surface area (TPSA) is 57.7 Å². The molecule has 0 saturated carbocycles. The Kier molecular flexibility index (Phi) is 6.26. The Bertz CT molecular complexity index is 791. The van der Waals surface area contributed by atoms with Crippen LogP contribution in [0.1, 0.15) is 74.7 Å². The third-order valence-corrected chi connectivity index (χ3v) is 8.16. The van der Waals surface area contributed by atoms with Gasteiger partial charge >= 0.3 is 0 Å². The van der Waals surface area contributed by atoms with Crippen molar-refractivity contribution < 1.29 is 13.2 Å². The number of aryl methyl sites for hydroxylation is 1. The minimum absolute atomic E-state index is 0.00997. The smallest absolute Gasteiger partial charge is 0.254 e. The van der Waals surface area contributed by atoms with Gasteiger partial charge in [-0.25, -0.2) is 8.42 Å². The molecule has 0 N–H and O–H groups in total. The standard InChI is InChI=1S/C21H32N2O3S/c1-4-18-10-6-7-13-22(18)21(24)20-15-19(12-11-16(20)2)27(25,26)23-14-8-5-9-17(23)3/h11-12,15,17-18H,4-10,13-14H2,1-3H3. The number of rotatable bonds is 4. The molecule has 0 aliphatic carbocycles. The van der Waals surface area contributed by atoms with E-state index in [2.05, 4.69) is 6.92 Å². The van der Waals surface area contributed by atoms with Crippen LogP contribution in [0.15, 0.2) is 23.1 Å². The van der Waals surface area contributed by atoms with Gasteiger partial charge in [0.25, 0.3) is 5.91 Å². The average Bonchev–Trinajstić information content (AvgIpc) is 2.67. The maximum Gasteiger partial charge on any atom is 0.254 e. The van der Waals surface area contributed by atoms with E-state index in [1.54, 1.807) is 22.5 Å². The maximum atomic E-state index is 13.2. The summed E-state index contributed by atoms with van der Waals surface area (Å²) in [5, 5.41) is 0. The molecular formula is C21H32N2O3S. The Morgan fingerprint density at radius 3 is 2.52 bits per heavy atom. The SMILES string of the molecule is CCC1CCCCN1C(=O)c1cc(S(=O)(=O)N2CCCCC2C)ccc1C. The molecule has 150 valence electrons. The van der Waals surface area contributed by atoms with Crippen LogP contribution < -0.4 is 0 Å². The Morgan fingerprint density at radius 1 is 1.11 bits per heavy atom. The van der Waals surface area contributed by atoms with Gasteiger partial charge in [0.2, 0.25) is 10.0 Å². The lowest BCUT2D eigenvalue weighted by Gasteiger charge is -2.36. The Balaban J connectivity index is 1.93. The predicted molar refractivity (Wildman–Crippen MR) is 107 cm³/mol. The highest BCUT2D eigenvalue weighted by Crippen LogP contribution is 2.28. The predicted octanol–water partition coefficient (Wildman–Crippen LogP) is 3.96. The number of hydrogen-bond donors (Lipinski definition) is 0. The van der Waals surface area contributed by atoms with Crippen LogP contribution in [0, 0.1) is 6.92 Å². The Labute approximate surface area is 163 Å². The van der Waals surface area contributed by atoms with Crippen molar-refractivity contribution in [2.45, 2.75) is 82.7 Å². The van der Waals surface area contributed by atoms with Crippen LogP contribution in [-0.2, 0) is 10.0 Å². The van der Waals surface area contributed by atoms with E-state index in [0.29, 0.717) is 12.1 Å². The van der Waals surface area contributed by atoms with Crippen LogP contribution in [0.25, 0.3) is 0 Å². The van der Waals surface area contributed by atoms with E-state index in [1.165, 1.54) is 0 Å². The molecule has 2 unspecified atom stereocenters. The van der Waals surface area contributed by atoms with Crippen molar-refractivity contribution in [1.82, 2.24) is 9.21 Å². The number of amides is 1. The first-order chi connectivity index (χ1) is 12.9. The lowest BCUT2D eigenvalue weighted by molar-refractivity contribution is 0.0607. The summed E-state index contributed by atoms with van der Waals surface area (Å²) in [6, 6.07) is 5.30. The molecule has 1 amide bonds. The summed E-state index contributed by atoms with van der Waals surface area (Å²) in [6.45, 7) is 7.29. The second kappa shape index (κ2) is 8.31. The van der Waals surface area contributed by atoms with Gasteiger partial charge in [0.05, 0.1) is 4.90 Å². The van der Waals surface area contributed by atoms with Gasteiger partial charge in [-0.05, 0) is 70.1 Å². The number of hydrogen-bond acceptors (Lipinski definition) is 3. The van der Waals surface area contributed by atoms with Crippen molar-refractivity contribution in [3.05, 3.63) is 29.3 Å². The number of nitrogens with zero attached hydrogens (tertiary/aromatic N) is 2. The molecule has 1 aromatic carbocycles. The van der Waals surface area contributed by atoms with Gasteiger partial charge in [0, 0.05) is 30.7 Å². The quantitative estimate of drug-likeness (QED) is 0.779. The molecule has 2 atom stereocenters. The van der Waals surface area contributed by atoms with Crippen molar-refractivity contribution in [3.63, 3.8) is 0 Å². The summed E-state index contributed by atoms with van der Waals surface area (Å²) in [5.74, 6) is -0.0252. The van der Waals surface area contributed by atoms with E-state index in [1.807, 2.05) is 18.7 Å². The highest BCUT2D eigenvalue weighted by Gasteiger charge is 2.33. The molecule has 0 aromatic heterocycles. The lowest BCUT2D eigenvalue weighted by Crippen LogP contribution is -2.44. The van der Waals surface area contributed by atoms with Crippen LogP contribution in [0.5, 0.6) is 0 Å². The third-order valence-electron chi connectivity index (χ3n) is 6.15. The van der Waals surface area contributed by atoms with Gasteiger partial charge in [-0.1, -0.05) is 19.4 Å².